The molecule has 2 aromatic carbocycles. The quantitative estimate of drug-likeness (QED) is 0.594. The Kier molecular flexibility index (Phi) is 5.74. The van der Waals surface area contributed by atoms with E-state index in [1.54, 1.807) is 0 Å². The Balaban J connectivity index is 0.00000128. The third kappa shape index (κ3) is 3.48. The van der Waals surface area contributed by atoms with Gasteiger partial charge in [-0.05, 0) is 23.3 Å². The van der Waals surface area contributed by atoms with E-state index in [1.165, 1.54) is 0 Å². The van der Waals surface area contributed by atoms with Crippen molar-refractivity contribution in [3.8, 4) is 0 Å². The molecular formula is C13H20N4. The monoisotopic (exact) mass is 232 g/mol. The van der Waals surface area contributed by atoms with Crippen LogP contribution in [0.15, 0.2) is 48.5 Å². The number of para-hydroxylation sites is 2. The summed E-state index contributed by atoms with van der Waals surface area (Å²) in [7, 11) is 0. The molecule has 0 aromatic heterocycles. The highest BCUT2D eigenvalue weighted by atomic mass is 14.6. The van der Waals surface area contributed by atoms with Gasteiger partial charge in [-0.2, -0.15) is 0 Å². The maximum Gasteiger partial charge on any atom is 0.0349 e. The maximum atomic E-state index is 5.88. The standard InChI is InChI=1S/C13H14N2.2H3N/c14-12-7-3-1-5-10(12)9-11-6-2-4-8-13(11)15;;/h1-8H,9,14-15H2;2*1H3. The lowest BCUT2D eigenvalue weighted by Gasteiger charge is -2.07. The molecular weight excluding hydrogens is 212 g/mol. The number of nitrogens with two attached hydrogens (primary N) is 2. The highest BCUT2D eigenvalue weighted by Gasteiger charge is 2.02. The third-order valence-electron chi connectivity index (χ3n) is 2.49. The van der Waals surface area contributed by atoms with E-state index in [0.29, 0.717) is 0 Å². The van der Waals surface area contributed by atoms with Crippen molar-refractivity contribution in [3.05, 3.63) is 59.7 Å². The predicted molar refractivity (Wildman–Crippen MR) is 74.6 cm³/mol. The first-order valence-corrected chi connectivity index (χ1v) is 4.94. The summed E-state index contributed by atoms with van der Waals surface area (Å²) in [6.45, 7) is 0. The summed E-state index contributed by atoms with van der Waals surface area (Å²) >= 11 is 0. The molecule has 0 aliphatic heterocycles. The molecule has 0 saturated carbocycles. The third-order valence-corrected chi connectivity index (χ3v) is 2.49. The van der Waals surface area contributed by atoms with Crippen molar-refractivity contribution in [1.29, 1.82) is 0 Å². The van der Waals surface area contributed by atoms with Crippen LogP contribution in [0.4, 0.5) is 11.4 Å². The molecule has 10 N–H and O–H groups in total. The van der Waals surface area contributed by atoms with Crippen molar-refractivity contribution >= 4 is 11.4 Å². The zero-order valence-electron chi connectivity index (χ0n) is 9.89. The molecule has 0 aliphatic carbocycles. The highest BCUT2D eigenvalue weighted by Crippen LogP contribution is 2.19. The summed E-state index contributed by atoms with van der Waals surface area (Å²) in [5, 5.41) is 0. The Morgan fingerprint density at radius 1 is 0.647 bits per heavy atom. The van der Waals surface area contributed by atoms with Gasteiger partial charge < -0.3 is 23.8 Å². The molecule has 0 radical (unpaired) electrons. The van der Waals surface area contributed by atoms with Gasteiger partial charge >= 0.3 is 0 Å². The number of benzene rings is 2. The van der Waals surface area contributed by atoms with Crippen LogP contribution >= 0.6 is 0 Å². The van der Waals surface area contributed by atoms with Gasteiger partial charge in [-0.25, -0.2) is 0 Å². The second kappa shape index (κ2) is 6.52. The van der Waals surface area contributed by atoms with E-state index in [1.807, 2.05) is 48.5 Å². The molecule has 0 bridgehead atoms. The first-order chi connectivity index (χ1) is 7.27. The minimum atomic E-state index is 0. The fraction of sp³-hybridized carbons (Fsp3) is 0.0769. The molecule has 2 rings (SSSR count). The molecule has 0 saturated heterocycles. The van der Waals surface area contributed by atoms with Gasteiger partial charge in [0.15, 0.2) is 0 Å². The van der Waals surface area contributed by atoms with Crippen molar-refractivity contribution in [2.45, 2.75) is 6.42 Å². The summed E-state index contributed by atoms with van der Waals surface area (Å²) in [6, 6.07) is 15.7. The summed E-state index contributed by atoms with van der Waals surface area (Å²) in [6.07, 6.45) is 0.791. The van der Waals surface area contributed by atoms with Gasteiger partial charge in [0, 0.05) is 17.8 Å². The van der Waals surface area contributed by atoms with E-state index in [4.69, 9.17) is 11.5 Å². The van der Waals surface area contributed by atoms with E-state index in [-0.39, 0.29) is 12.3 Å². The number of hydrogen-bond donors (Lipinski definition) is 4. The zero-order valence-corrected chi connectivity index (χ0v) is 9.89. The van der Waals surface area contributed by atoms with Crippen LogP contribution in [0.5, 0.6) is 0 Å². The smallest absolute Gasteiger partial charge is 0.0349 e. The van der Waals surface area contributed by atoms with Gasteiger partial charge in [-0.1, -0.05) is 36.4 Å². The van der Waals surface area contributed by atoms with Gasteiger partial charge in [-0.15, -0.1) is 0 Å². The Morgan fingerprint density at radius 3 is 1.35 bits per heavy atom. The predicted octanol–water partition coefficient (Wildman–Crippen LogP) is 2.77. The number of nitrogen functional groups attached to an aromatic ring is 2. The van der Waals surface area contributed by atoms with E-state index >= 15 is 0 Å². The molecule has 92 valence electrons. The number of rotatable bonds is 2. The topological polar surface area (TPSA) is 122 Å². The van der Waals surface area contributed by atoms with Crippen molar-refractivity contribution in [3.63, 3.8) is 0 Å². The Bertz CT molecular complexity index is 425. The van der Waals surface area contributed by atoms with Crippen LogP contribution in [0.1, 0.15) is 11.1 Å². The fourth-order valence-corrected chi connectivity index (χ4v) is 1.60. The van der Waals surface area contributed by atoms with Crippen molar-refractivity contribution < 1.29 is 0 Å². The summed E-state index contributed by atoms with van der Waals surface area (Å²) in [5.41, 5.74) is 15.6. The molecule has 4 nitrogen and oxygen atoms in total. The minimum Gasteiger partial charge on any atom is -0.398 e. The van der Waals surface area contributed by atoms with Gasteiger partial charge in [0.2, 0.25) is 0 Å². The summed E-state index contributed by atoms with van der Waals surface area (Å²) in [4.78, 5) is 0. The van der Waals surface area contributed by atoms with Crippen molar-refractivity contribution in [1.82, 2.24) is 12.3 Å². The Hall–Kier alpha value is -2.04. The zero-order chi connectivity index (χ0) is 10.7. The SMILES string of the molecule is N.N.Nc1ccccc1Cc1ccccc1N. The van der Waals surface area contributed by atoms with E-state index in [9.17, 15) is 0 Å². The molecule has 4 heteroatoms. The molecule has 0 amide bonds. The number of hydrogen-bond acceptors (Lipinski definition) is 4. The first kappa shape index (κ1) is 15.0. The maximum absolute atomic E-state index is 5.88. The van der Waals surface area contributed by atoms with E-state index in [0.717, 1.165) is 28.9 Å². The Labute approximate surface area is 102 Å². The fourth-order valence-electron chi connectivity index (χ4n) is 1.60. The van der Waals surface area contributed by atoms with Crippen LogP contribution in [-0.2, 0) is 6.42 Å². The largest absolute Gasteiger partial charge is 0.398 e. The first-order valence-electron chi connectivity index (χ1n) is 4.94. The minimum absolute atomic E-state index is 0. The molecule has 0 atom stereocenters. The van der Waals surface area contributed by atoms with Crippen LogP contribution in [0.25, 0.3) is 0 Å². The van der Waals surface area contributed by atoms with Crippen molar-refractivity contribution in [2.75, 3.05) is 11.5 Å². The molecule has 0 unspecified atom stereocenters. The summed E-state index contributed by atoms with van der Waals surface area (Å²) < 4.78 is 0. The van der Waals surface area contributed by atoms with Crippen LogP contribution in [0.3, 0.4) is 0 Å². The van der Waals surface area contributed by atoms with Gasteiger partial charge in [0.05, 0.1) is 0 Å². The molecule has 0 spiro atoms. The highest BCUT2D eigenvalue weighted by molar-refractivity contribution is 5.53. The molecule has 0 aliphatic rings. The summed E-state index contributed by atoms with van der Waals surface area (Å²) in [5.74, 6) is 0. The van der Waals surface area contributed by atoms with Crippen LogP contribution in [0.2, 0.25) is 0 Å². The lowest BCUT2D eigenvalue weighted by molar-refractivity contribution is 1.20. The second-order valence-electron chi connectivity index (χ2n) is 3.57. The molecule has 17 heavy (non-hydrogen) atoms. The number of anilines is 2. The molecule has 0 fully saturated rings. The lowest BCUT2D eigenvalue weighted by Crippen LogP contribution is -1.98. The molecule has 0 heterocycles. The average molecular weight is 232 g/mol. The van der Waals surface area contributed by atoms with Crippen molar-refractivity contribution in [2.24, 2.45) is 0 Å². The Morgan fingerprint density at radius 2 is 1.00 bits per heavy atom. The molecule has 2 aromatic rings. The lowest BCUT2D eigenvalue weighted by atomic mass is 10.0. The average Bonchev–Trinajstić information content (AvgIpc) is 2.24. The van der Waals surface area contributed by atoms with Gasteiger partial charge in [0.25, 0.3) is 0 Å². The van der Waals surface area contributed by atoms with Gasteiger partial charge in [0.1, 0.15) is 0 Å². The van der Waals surface area contributed by atoms with Crippen LogP contribution < -0.4 is 23.8 Å². The normalized spacial score (nSPS) is 8.94. The van der Waals surface area contributed by atoms with Crippen LogP contribution in [-0.4, -0.2) is 0 Å². The van der Waals surface area contributed by atoms with Gasteiger partial charge in [-0.3, -0.25) is 0 Å². The van der Waals surface area contributed by atoms with E-state index in [2.05, 4.69) is 0 Å². The second-order valence-corrected chi connectivity index (χ2v) is 3.57. The van der Waals surface area contributed by atoms with Crippen LogP contribution in [0, 0.1) is 0 Å². The van der Waals surface area contributed by atoms with E-state index < -0.39 is 0 Å².